The van der Waals surface area contributed by atoms with Crippen LogP contribution in [0.2, 0.25) is 0 Å². The summed E-state index contributed by atoms with van der Waals surface area (Å²) in [5.41, 5.74) is 0. The lowest BCUT2D eigenvalue weighted by molar-refractivity contribution is 0.572. The molecule has 0 atom stereocenters. The number of unbranched alkanes of at least 4 members (excludes halogenated alkanes) is 1. The minimum atomic E-state index is -0.673. The van der Waals surface area contributed by atoms with E-state index in [9.17, 15) is 8.78 Å². The van der Waals surface area contributed by atoms with Gasteiger partial charge in [0.1, 0.15) is 0 Å². The first-order chi connectivity index (χ1) is 7.60. The SMILES string of the molecule is CCCCN(C)c1nc(NC)c(F)cc1F. The number of hydrogen-bond donors (Lipinski definition) is 1. The van der Waals surface area contributed by atoms with Gasteiger partial charge in [-0.05, 0) is 6.42 Å². The van der Waals surface area contributed by atoms with Crippen LogP contribution in [0.4, 0.5) is 20.4 Å². The molecule has 90 valence electrons. The van der Waals surface area contributed by atoms with Crippen molar-refractivity contribution in [1.29, 1.82) is 0 Å². The van der Waals surface area contributed by atoms with E-state index < -0.39 is 11.6 Å². The number of nitrogens with one attached hydrogen (secondary N) is 1. The molecule has 1 N–H and O–H groups in total. The zero-order valence-electron chi connectivity index (χ0n) is 9.85. The van der Waals surface area contributed by atoms with Crippen molar-refractivity contribution in [2.45, 2.75) is 19.8 Å². The van der Waals surface area contributed by atoms with Crippen LogP contribution in [-0.4, -0.2) is 25.6 Å². The summed E-state index contributed by atoms with van der Waals surface area (Å²) in [6.07, 6.45) is 1.97. The van der Waals surface area contributed by atoms with E-state index in [0.717, 1.165) is 18.9 Å². The lowest BCUT2D eigenvalue weighted by Crippen LogP contribution is -2.21. The summed E-state index contributed by atoms with van der Waals surface area (Å²) in [5, 5.41) is 2.59. The molecule has 1 aromatic heterocycles. The number of anilines is 2. The van der Waals surface area contributed by atoms with Crippen LogP contribution >= 0.6 is 0 Å². The Balaban J connectivity index is 2.94. The van der Waals surface area contributed by atoms with Crippen molar-refractivity contribution in [3.05, 3.63) is 17.7 Å². The Labute approximate surface area is 94.5 Å². The molecule has 0 aliphatic heterocycles. The third-order valence-corrected chi connectivity index (χ3v) is 2.36. The Morgan fingerprint density at radius 1 is 1.38 bits per heavy atom. The zero-order chi connectivity index (χ0) is 12.1. The third-order valence-electron chi connectivity index (χ3n) is 2.36. The van der Waals surface area contributed by atoms with E-state index in [-0.39, 0.29) is 11.6 Å². The van der Waals surface area contributed by atoms with Gasteiger partial charge in [0.2, 0.25) is 0 Å². The molecule has 1 rings (SSSR count). The molecule has 0 fully saturated rings. The number of nitrogens with zero attached hydrogens (tertiary/aromatic N) is 2. The van der Waals surface area contributed by atoms with Gasteiger partial charge in [-0.2, -0.15) is 0 Å². The molecule has 3 nitrogen and oxygen atoms in total. The summed E-state index contributed by atoms with van der Waals surface area (Å²) >= 11 is 0. The smallest absolute Gasteiger partial charge is 0.168 e. The largest absolute Gasteiger partial charge is 0.371 e. The summed E-state index contributed by atoms with van der Waals surface area (Å²) in [6.45, 7) is 2.76. The third kappa shape index (κ3) is 2.81. The van der Waals surface area contributed by atoms with Gasteiger partial charge in [-0.3, -0.25) is 0 Å². The standard InChI is InChI=1S/C11H17F2N3/c1-4-5-6-16(3)11-9(13)7-8(12)10(14-2)15-11/h7H,4-6H2,1-3H3,(H,14,15). The van der Waals surface area contributed by atoms with Gasteiger partial charge in [0, 0.05) is 26.7 Å². The molecule has 16 heavy (non-hydrogen) atoms. The highest BCUT2D eigenvalue weighted by Gasteiger charge is 2.13. The minimum absolute atomic E-state index is 0.0692. The first kappa shape index (κ1) is 12.7. The van der Waals surface area contributed by atoms with Crippen LogP contribution in [0, 0.1) is 11.6 Å². The van der Waals surface area contributed by atoms with E-state index >= 15 is 0 Å². The summed E-state index contributed by atoms with van der Waals surface area (Å²) in [7, 11) is 3.30. The Hall–Kier alpha value is -1.39. The molecule has 0 unspecified atom stereocenters. The van der Waals surface area contributed by atoms with Gasteiger partial charge in [-0.15, -0.1) is 0 Å². The molecular weight excluding hydrogens is 212 g/mol. The molecule has 0 saturated carbocycles. The average molecular weight is 229 g/mol. The van der Waals surface area contributed by atoms with Crippen LogP contribution in [0.25, 0.3) is 0 Å². The van der Waals surface area contributed by atoms with Crippen molar-refractivity contribution in [1.82, 2.24) is 4.98 Å². The second-order valence-corrected chi connectivity index (χ2v) is 3.65. The van der Waals surface area contributed by atoms with Gasteiger partial charge in [-0.1, -0.05) is 13.3 Å². The normalized spacial score (nSPS) is 10.3. The monoisotopic (exact) mass is 229 g/mol. The molecule has 0 aromatic carbocycles. The molecular formula is C11H17F2N3. The van der Waals surface area contributed by atoms with E-state index in [1.165, 1.54) is 0 Å². The van der Waals surface area contributed by atoms with Crippen molar-refractivity contribution in [2.24, 2.45) is 0 Å². The number of halogens is 2. The van der Waals surface area contributed by atoms with E-state index in [2.05, 4.69) is 17.2 Å². The Bertz CT molecular complexity index is 355. The number of aromatic nitrogens is 1. The molecule has 5 heteroatoms. The van der Waals surface area contributed by atoms with E-state index in [0.29, 0.717) is 6.54 Å². The van der Waals surface area contributed by atoms with Gasteiger partial charge in [-0.25, -0.2) is 13.8 Å². The van der Waals surface area contributed by atoms with Gasteiger partial charge in [0.25, 0.3) is 0 Å². The fraction of sp³-hybridized carbons (Fsp3) is 0.545. The summed E-state index contributed by atoms with van der Waals surface area (Å²) in [6, 6.07) is 0.858. The Morgan fingerprint density at radius 3 is 2.62 bits per heavy atom. The maximum atomic E-state index is 13.5. The maximum absolute atomic E-state index is 13.5. The van der Waals surface area contributed by atoms with Crippen LogP contribution in [0.3, 0.4) is 0 Å². The topological polar surface area (TPSA) is 28.2 Å². The summed E-state index contributed by atoms with van der Waals surface area (Å²) < 4.78 is 26.6. The fourth-order valence-electron chi connectivity index (χ4n) is 1.40. The summed E-state index contributed by atoms with van der Waals surface area (Å²) in [5.74, 6) is -1.05. The van der Waals surface area contributed by atoms with Crippen LogP contribution in [0.15, 0.2) is 6.07 Å². The molecule has 0 saturated heterocycles. The number of pyridine rings is 1. The second-order valence-electron chi connectivity index (χ2n) is 3.65. The molecule has 0 aliphatic carbocycles. The Morgan fingerprint density at radius 2 is 2.06 bits per heavy atom. The first-order valence-corrected chi connectivity index (χ1v) is 5.35. The number of hydrogen-bond acceptors (Lipinski definition) is 3. The van der Waals surface area contributed by atoms with Crippen molar-refractivity contribution < 1.29 is 8.78 Å². The van der Waals surface area contributed by atoms with Crippen LogP contribution in [-0.2, 0) is 0 Å². The van der Waals surface area contributed by atoms with Crippen molar-refractivity contribution in [3.8, 4) is 0 Å². The van der Waals surface area contributed by atoms with E-state index in [4.69, 9.17) is 0 Å². The van der Waals surface area contributed by atoms with Crippen molar-refractivity contribution in [3.63, 3.8) is 0 Å². The molecule has 1 heterocycles. The molecule has 0 spiro atoms. The van der Waals surface area contributed by atoms with Crippen LogP contribution in [0.1, 0.15) is 19.8 Å². The van der Waals surface area contributed by atoms with E-state index in [1.807, 2.05) is 0 Å². The van der Waals surface area contributed by atoms with Crippen molar-refractivity contribution >= 4 is 11.6 Å². The lowest BCUT2D eigenvalue weighted by atomic mass is 10.3. The predicted molar refractivity (Wildman–Crippen MR) is 61.9 cm³/mol. The summed E-state index contributed by atoms with van der Waals surface area (Å²) in [4.78, 5) is 5.60. The van der Waals surface area contributed by atoms with Gasteiger partial charge >= 0.3 is 0 Å². The molecule has 1 aromatic rings. The molecule has 0 aliphatic rings. The highest BCUT2D eigenvalue weighted by molar-refractivity contribution is 5.48. The second kappa shape index (κ2) is 5.63. The molecule has 0 bridgehead atoms. The predicted octanol–water partition coefficient (Wildman–Crippen LogP) is 2.64. The molecule has 0 radical (unpaired) electrons. The van der Waals surface area contributed by atoms with Crippen LogP contribution in [0.5, 0.6) is 0 Å². The maximum Gasteiger partial charge on any atom is 0.168 e. The van der Waals surface area contributed by atoms with Gasteiger partial charge < -0.3 is 10.2 Å². The quantitative estimate of drug-likeness (QED) is 0.841. The lowest BCUT2D eigenvalue weighted by Gasteiger charge is -2.19. The highest BCUT2D eigenvalue weighted by Crippen LogP contribution is 2.21. The zero-order valence-corrected chi connectivity index (χ0v) is 9.85. The van der Waals surface area contributed by atoms with Gasteiger partial charge in [0.05, 0.1) is 0 Å². The fourth-order valence-corrected chi connectivity index (χ4v) is 1.40. The van der Waals surface area contributed by atoms with Gasteiger partial charge in [0.15, 0.2) is 23.3 Å². The highest BCUT2D eigenvalue weighted by atomic mass is 19.1. The average Bonchev–Trinajstić information content (AvgIpc) is 2.26. The van der Waals surface area contributed by atoms with Crippen molar-refractivity contribution in [2.75, 3.05) is 30.9 Å². The van der Waals surface area contributed by atoms with Crippen LogP contribution < -0.4 is 10.2 Å². The first-order valence-electron chi connectivity index (χ1n) is 5.35. The molecule has 0 amide bonds. The number of rotatable bonds is 5. The van der Waals surface area contributed by atoms with E-state index in [1.54, 1.807) is 19.0 Å². The minimum Gasteiger partial charge on any atom is -0.371 e. The Kier molecular flexibility index (Phi) is 4.46.